The second kappa shape index (κ2) is 39.4. The number of ether oxygens (including phenoxy) is 2. The first kappa shape index (κ1) is 52.2. The lowest BCUT2D eigenvalue weighted by molar-refractivity contribution is -0.161. The SMILES string of the molecule is CC/C=C/C=C/C=C/C=C/CCCCCCCC(=O)OC[C@H](COP(=O)(O)OC[C@@H](O)CO)OC(=O)CCCCCC/C=C/C/C=C/C/C=C/CCCCC. The number of aliphatic hydroxyl groups excluding tert-OH is 2. The number of rotatable bonds is 37. The number of esters is 2. The van der Waals surface area contributed by atoms with Gasteiger partial charge in [-0.2, -0.15) is 0 Å². The maximum atomic E-state index is 12.6. The number of allylic oxidation sites excluding steroid dienone is 14. The minimum Gasteiger partial charge on any atom is -0.462 e. The largest absolute Gasteiger partial charge is 0.472 e. The van der Waals surface area contributed by atoms with Crippen molar-refractivity contribution in [3.8, 4) is 0 Å². The molecule has 0 aromatic rings. The van der Waals surface area contributed by atoms with Gasteiger partial charge >= 0.3 is 19.8 Å². The van der Waals surface area contributed by atoms with E-state index in [4.69, 9.17) is 19.1 Å². The molecule has 0 aliphatic heterocycles. The van der Waals surface area contributed by atoms with Gasteiger partial charge < -0.3 is 24.6 Å². The topological polar surface area (TPSA) is 149 Å². The van der Waals surface area contributed by atoms with E-state index in [2.05, 4.69) is 67.0 Å². The molecule has 0 fully saturated rings. The van der Waals surface area contributed by atoms with Gasteiger partial charge in [-0.25, -0.2) is 4.57 Å². The molecule has 11 heteroatoms. The van der Waals surface area contributed by atoms with Crippen LogP contribution in [-0.4, -0.2) is 65.7 Å². The molecule has 0 spiro atoms. The summed E-state index contributed by atoms with van der Waals surface area (Å²) in [6.45, 7) is 2.13. The smallest absolute Gasteiger partial charge is 0.462 e. The number of carbonyl (C=O) groups is 2. The molecular weight excluding hydrogens is 719 g/mol. The fraction of sp³-hybridized carbons (Fsp3) is 0.636. The number of unbranched alkanes of at least 4 members (excludes halogenated alkanes) is 12. The van der Waals surface area contributed by atoms with Crippen LogP contribution in [0.3, 0.4) is 0 Å². The number of hydrogen-bond acceptors (Lipinski definition) is 9. The van der Waals surface area contributed by atoms with Gasteiger partial charge in [-0.3, -0.25) is 18.6 Å². The molecular formula is C44H73O10P. The zero-order valence-corrected chi connectivity index (χ0v) is 34.7. The first-order chi connectivity index (χ1) is 26.7. The lowest BCUT2D eigenvalue weighted by Crippen LogP contribution is -2.29. The summed E-state index contributed by atoms with van der Waals surface area (Å²) < 4.78 is 32.6. The summed E-state index contributed by atoms with van der Waals surface area (Å²) in [7, 11) is -4.63. The highest BCUT2D eigenvalue weighted by Crippen LogP contribution is 2.43. The zero-order chi connectivity index (χ0) is 40.5. The van der Waals surface area contributed by atoms with Gasteiger partial charge in [0.15, 0.2) is 6.10 Å². The lowest BCUT2D eigenvalue weighted by Gasteiger charge is -2.20. The Morgan fingerprint density at radius 2 is 1.07 bits per heavy atom. The molecule has 0 heterocycles. The van der Waals surface area contributed by atoms with Crippen LogP contribution in [0.4, 0.5) is 0 Å². The molecule has 0 bridgehead atoms. The first-order valence-corrected chi connectivity index (χ1v) is 22.1. The fourth-order valence-corrected chi connectivity index (χ4v) is 5.74. The molecule has 0 radical (unpaired) electrons. The summed E-state index contributed by atoms with van der Waals surface area (Å²) in [6, 6.07) is 0. The zero-order valence-electron chi connectivity index (χ0n) is 33.9. The highest BCUT2D eigenvalue weighted by atomic mass is 31.2. The van der Waals surface area contributed by atoms with E-state index < -0.39 is 51.8 Å². The van der Waals surface area contributed by atoms with Crippen molar-refractivity contribution >= 4 is 19.8 Å². The third kappa shape index (κ3) is 39.2. The second-order valence-electron chi connectivity index (χ2n) is 13.4. The molecule has 0 aromatic carbocycles. The molecule has 0 aliphatic rings. The molecule has 0 rings (SSSR count). The van der Waals surface area contributed by atoms with E-state index in [1.54, 1.807) is 0 Å². The van der Waals surface area contributed by atoms with Crippen LogP contribution in [0.15, 0.2) is 85.1 Å². The Balaban J connectivity index is 4.44. The van der Waals surface area contributed by atoms with Crippen molar-refractivity contribution in [3.63, 3.8) is 0 Å². The summed E-state index contributed by atoms with van der Waals surface area (Å²) in [5, 5.41) is 18.3. The van der Waals surface area contributed by atoms with E-state index in [0.717, 1.165) is 83.5 Å². The van der Waals surface area contributed by atoms with Gasteiger partial charge in [-0.15, -0.1) is 0 Å². The van der Waals surface area contributed by atoms with E-state index in [9.17, 15) is 24.2 Å². The minimum atomic E-state index is -4.63. The molecule has 10 nitrogen and oxygen atoms in total. The van der Waals surface area contributed by atoms with Crippen molar-refractivity contribution in [1.29, 1.82) is 0 Å². The fourth-order valence-electron chi connectivity index (χ4n) is 4.95. The van der Waals surface area contributed by atoms with Crippen LogP contribution >= 0.6 is 7.82 Å². The van der Waals surface area contributed by atoms with Crippen molar-refractivity contribution in [2.24, 2.45) is 0 Å². The van der Waals surface area contributed by atoms with Gasteiger partial charge in [-0.1, -0.05) is 144 Å². The Labute approximate surface area is 332 Å². The summed E-state index contributed by atoms with van der Waals surface area (Å²) in [5.74, 6) is -0.987. The minimum absolute atomic E-state index is 0.148. The molecule has 3 atom stereocenters. The van der Waals surface area contributed by atoms with Crippen molar-refractivity contribution in [2.45, 2.75) is 154 Å². The van der Waals surface area contributed by atoms with E-state index >= 15 is 0 Å². The maximum absolute atomic E-state index is 12.6. The lowest BCUT2D eigenvalue weighted by atomic mass is 10.1. The predicted molar refractivity (Wildman–Crippen MR) is 223 cm³/mol. The van der Waals surface area contributed by atoms with E-state index in [0.29, 0.717) is 12.8 Å². The van der Waals surface area contributed by atoms with Crippen LogP contribution in [-0.2, 0) is 32.7 Å². The molecule has 0 aromatic heterocycles. The molecule has 0 saturated heterocycles. The number of phosphoric acid groups is 1. The number of hydrogen-bond donors (Lipinski definition) is 3. The molecule has 55 heavy (non-hydrogen) atoms. The van der Waals surface area contributed by atoms with Crippen LogP contribution < -0.4 is 0 Å². The second-order valence-corrected chi connectivity index (χ2v) is 14.8. The number of phosphoric ester groups is 1. The molecule has 0 aliphatic carbocycles. The summed E-state index contributed by atoms with van der Waals surface area (Å²) in [5.41, 5.74) is 0. The van der Waals surface area contributed by atoms with E-state index in [1.165, 1.54) is 19.3 Å². The average Bonchev–Trinajstić information content (AvgIpc) is 3.17. The Kier molecular flexibility index (Phi) is 37.3. The van der Waals surface area contributed by atoms with Crippen molar-refractivity contribution < 1.29 is 47.8 Å². The first-order valence-electron chi connectivity index (χ1n) is 20.6. The third-order valence-corrected chi connectivity index (χ3v) is 9.08. The van der Waals surface area contributed by atoms with Crippen molar-refractivity contribution in [3.05, 3.63) is 85.1 Å². The van der Waals surface area contributed by atoms with Gasteiger partial charge in [0.2, 0.25) is 0 Å². The Bertz CT molecular complexity index is 1190. The summed E-state index contributed by atoms with van der Waals surface area (Å²) >= 11 is 0. The van der Waals surface area contributed by atoms with Gasteiger partial charge in [0, 0.05) is 12.8 Å². The molecule has 1 unspecified atom stereocenters. The third-order valence-electron chi connectivity index (χ3n) is 8.13. The normalized spacial score (nSPS) is 14.8. The predicted octanol–water partition coefficient (Wildman–Crippen LogP) is 10.7. The van der Waals surface area contributed by atoms with Crippen LogP contribution in [0.5, 0.6) is 0 Å². The molecule has 0 amide bonds. The van der Waals surface area contributed by atoms with E-state index in [1.807, 2.05) is 36.5 Å². The van der Waals surface area contributed by atoms with Crippen LogP contribution in [0.25, 0.3) is 0 Å². The molecule has 314 valence electrons. The Hall–Kier alpha value is -2.85. The maximum Gasteiger partial charge on any atom is 0.472 e. The van der Waals surface area contributed by atoms with Gasteiger partial charge in [0.25, 0.3) is 0 Å². The quantitative estimate of drug-likeness (QED) is 0.0182. The summed E-state index contributed by atoms with van der Waals surface area (Å²) in [4.78, 5) is 34.9. The number of aliphatic hydroxyl groups is 2. The summed E-state index contributed by atoms with van der Waals surface area (Å²) in [6.07, 6.45) is 45.4. The average molecular weight is 793 g/mol. The Morgan fingerprint density at radius 1 is 0.582 bits per heavy atom. The van der Waals surface area contributed by atoms with Gasteiger partial charge in [-0.05, 0) is 70.6 Å². The monoisotopic (exact) mass is 792 g/mol. The van der Waals surface area contributed by atoms with Gasteiger partial charge in [0.05, 0.1) is 19.8 Å². The molecule has 3 N–H and O–H groups in total. The van der Waals surface area contributed by atoms with Crippen molar-refractivity contribution in [1.82, 2.24) is 0 Å². The van der Waals surface area contributed by atoms with Crippen molar-refractivity contribution in [2.75, 3.05) is 26.4 Å². The van der Waals surface area contributed by atoms with Crippen LogP contribution in [0.2, 0.25) is 0 Å². The Morgan fingerprint density at radius 3 is 1.67 bits per heavy atom. The molecule has 0 saturated carbocycles. The highest BCUT2D eigenvalue weighted by molar-refractivity contribution is 7.47. The standard InChI is InChI=1S/C44H73O10P/c1-3-5-7-9-11-13-15-17-19-20-22-24-26-28-30-32-34-36-44(48)54-42(40-53-55(49,50)52-38-41(46)37-45)39-51-43(47)35-33-31-29-27-25-23-21-18-16-14-12-10-8-6-4-2/h6,8,10-14,16-19,21-22,24,41-42,45-46H,3-5,7,9,15,20,23,25-40H2,1-2H3,(H,49,50)/b8-6+,12-10+,13-11+,16-14+,19-17+,21-18+,24-22+/t41-,42+/m0/s1. The van der Waals surface area contributed by atoms with Crippen LogP contribution in [0.1, 0.15) is 142 Å². The van der Waals surface area contributed by atoms with E-state index in [-0.39, 0.29) is 19.4 Å². The van der Waals surface area contributed by atoms with Gasteiger partial charge in [0.1, 0.15) is 12.7 Å². The number of carbonyl (C=O) groups excluding carboxylic acids is 2. The van der Waals surface area contributed by atoms with Crippen LogP contribution in [0, 0.1) is 0 Å². The highest BCUT2D eigenvalue weighted by Gasteiger charge is 2.27.